The van der Waals surface area contributed by atoms with E-state index >= 15 is 0 Å². The quantitative estimate of drug-likeness (QED) is 0.455. The first-order valence-electron chi connectivity index (χ1n) is 11.8. The molecular formula is C27H34N4O3. The molecule has 2 aromatic carbocycles. The molecular weight excluding hydrogens is 428 g/mol. The first-order valence-corrected chi connectivity index (χ1v) is 11.8. The van der Waals surface area contributed by atoms with E-state index in [9.17, 15) is 14.9 Å². The van der Waals surface area contributed by atoms with Crippen molar-refractivity contribution in [2.24, 2.45) is 5.92 Å². The van der Waals surface area contributed by atoms with Crippen LogP contribution in [0.3, 0.4) is 0 Å². The van der Waals surface area contributed by atoms with Gasteiger partial charge in [0.1, 0.15) is 0 Å². The van der Waals surface area contributed by atoms with Crippen LogP contribution in [0, 0.1) is 17.4 Å². The van der Waals surface area contributed by atoms with Crippen molar-refractivity contribution < 1.29 is 14.3 Å². The van der Waals surface area contributed by atoms with Gasteiger partial charge in [-0.25, -0.2) is 0 Å². The number of nitrogens with one attached hydrogen (secondary N) is 1. The Kier molecular flexibility index (Phi) is 9.20. The molecule has 2 aromatic rings. The number of ether oxygens (including phenoxy) is 1. The first-order chi connectivity index (χ1) is 16.4. The standard InChI is InChI=1S/C27H34N4O3/c1-20(2)16-25(27(33)30(3)19-28)23-8-4-6-21(17-23)22-7-5-9-24(18-22)26(32)29-10-11-31-12-14-34-15-13-31/h4-9,17-18,20,25H,10-16H2,1-3H3,(H,29,32). The van der Waals surface area contributed by atoms with E-state index in [0.29, 0.717) is 24.4 Å². The Morgan fingerprint density at radius 2 is 1.79 bits per heavy atom. The van der Waals surface area contributed by atoms with Gasteiger partial charge in [-0.15, -0.1) is 0 Å². The molecule has 1 N–H and O–H groups in total. The van der Waals surface area contributed by atoms with E-state index in [1.807, 2.05) is 54.7 Å². The van der Waals surface area contributed by atoms with Crippen molar-refractivity contribution in [1.29, 1.82) is 5.26 Å². The molecule has 1 fully saturated rings. The Balaban J connectivity index is 1.74. The smallest absolute Gasteiger partial charge is 0.251 e. The van der Waals surface area contributed by atoms with Crippen molar-refractivity contribution in [3.63, 3.8) is 0 Å². The molecule has 0 saturated carbocycles. The number of amides is 2. The highest BCUT2D eigenvalue weighted by molar-refractivity contribution is 5.95. The fourth-order valence-corrected chi connectivity index (χ4v) is 4.16. The third kappa shape index (κ3) is 6.89. The average molecular weight is 463 g/mol. The SMILES string of the molecule is CC(C)CC(C(=O)N(C)C#N)c1cccc(-c2cccc(C(=O)NCCN3CCOCC3)c2)c1. The van der Waals surface area contributed by atoms with E-state index in [1.54, 1.807) is 0 Å². The largest absolute Gasteiger partial charge is 0.379 e. The molecule has 1 atom stereocenters. The number of hydrogen-bond donors (Lipinski definition) is 1. The van der Waals surface area contributed by atoms with Crippen LogP contribution < -0.4 is 5.32 Å². The molecule has 2 amide bonds. The maximum Gasteiger partial charge on any atom is 0.251 e. The Hall–Kier alpha value is -3.21. The number of morpholine rings is 1. The highest BCUT2D eigenvalue weighted by atomic mass is 16.5. The molecule has 3 rings (SSSR count). The van der Waals surface area contributed by atoms with Crippen molar-refractivity contribution in [3.05, 3.63) is 59.7 Å². The van der Waals surface area contributed by atoms with Gasteiger partial charge in [-0.3, -0.25) is 19.4 Å². The predicted octanol–water partition coefficient (Wildman–Crippen LogP) is 3.48. The molecule has 1 aliphatic rings. The molecule has 0 bridgehead atoms. The maximum absolute atomic E-state index is 12.9. The number of nitrogens with zero attached hydrogens (tertiary/aromatic N) is 3. The van der Waals surface area contributed by atoms with Gasteiger partial charge in [-0.05, 0) is 41.2 Å². The summed E-state index contributed by atoms with van der Waals surface area (Å²) in [6.07, 6.45) is 2.57. The van der Waals surface area contributed by atoms with Gasteiger partial charge < -0.3 is 10.1 Å². The lowest BCUT2D eigenvalue weighted by atomic mass is 9.87. The second kappa shape index (κ2) is 12.3. The normalized spacial score (nSPS) is 14.9. The number of likely N-dealkylation sites (N-methyl/N-ethyl adjacent to an activating group) is 1. The molecule has 7 heteroatoms. The van der Waals surface area contributed by atoms with Crippen LogP contribution in [0.25, 0.3) is 11.1 Å². The van der Waals surface area contributed by atoms with Crippen LogP contribution in [0.4, 0.5) is 0 Å². The zero-order valence-electron chi connectivity index (χ0n) is 20.3. The van der Waals surface area contributed by atoms with Crippen LogP contribution in [-0.4, -0.2) is 68.1 Å². The second-order valence-electron chi connectivity index (χ2n) is 9.10. The molecule has 7 nitrogen and oxygen atoms in total. The third-order valence-corrected chi connectivity index (χ3v) is 6.05. The summed E-state index contributed by atoms with van der Waals surface area (Å²) in [5.41, 5.74) is 3.32. The van der Waals surface area contributed by atoms with Gasteiger partial charge in [-0.2, -0.15) is 5.26 Å². The average Bonchev–Trinajstić information content (AvgIpc) is 2.87. The Morgan fingerprint density at radius 1 is 1.12 bits per heavy atom. The van der Waals surface area contributed by atoms with Gasteiger partial charge in [0.25, 0.3) is 5.91 Å². The highest BCUT2D eigenvalue weighted by Crippen LogP contribution is 2.30. The van der Waals surface area contributed by atoms with E-state index < -0.39 is 5.92 Å². The van der Waals surface area contributed by atoms with Crippen LogP contribution in [0.1, 0.15) is 42.1 Å². The van der Waals surface area contributed by atoms with E-state index in [4.69, 9.17) is 4.74 Å². The number of carbonyl (C=O) groups is 2. The number of rotatable bonds is 9. The number of hydrogen-bond acceptors (Lipinski definition) is 5. The molecule has 1 aliphatic heterocycles. The summed E-state index contributed by atoms with van der Waals surface area (Å²) in [6.45, 7) is 8.80. The van der Waals surface area contributed by atoms with Crippen molar-refractivity contribution in [2.75, 3.05) is 46.4 Å². The van der Waals surface area contributed by atoms with Crippen LogP contribution in [0.2, 0.25) is 0 Å². The molecule has 1 unspecified atom stereocenters. The van der Waals surface area contributed by atoms with Crippen LogP contribution >= 0.6 is 0 Å². The van der Waals surface area contributed by atoms with E-state index in [-0.39, 0.29) is 11.8 Å². The topological polar surface area (TPSA) is 85.7 Å². The molecule has 180 valence electrons. The third-order valence-electron chi connectivity index (χ3n) is 6.05. The summed E-state index contributed by atoms with van der Waals surface area (Å²) in [6, 6.07) is 15.3. The number of nitriles is 1. The van der Waals surface area contributed by atoms with E-state index in [1.165, 1.54) is 7.05 Å². The monoisotopic (exact) mass is 462 g/mol. The summed E-state index contributed by atoms with van der Waals surface area (Å²) in [7, 11) is 1.50. The second-order valence-corrected chi connectivity index (χ2v) is 9.10. The summed E-state index contributed by atoms with van der Waals surface area (Å²) in [5, 5.41) is 12.2. The Labute approximate surface area is 202 Å². The fraction of sp³-hybridized carbons (Fsp3) is 0.444. The lowest BCUT2D eigenvalue weighted by Gasteiger charge is -2.26. The van der Waals surface area contributed by atoms with Crippen LogP contribution in [0.15, 0.2) is 48.5 Å². The van der Waals surface area contributed by atoms with Crippen LogP contribution in [0.5, 0.6) is 0 Å². The minimum absolute atomic E-state index is 0.102. The molecule has 0 aromatic heterocycles. The number of carbonyl (C=O) groups excluding carboxylic acids is 2. The van der Waals surface area contributed by atoms with E-state index in [2.05, 4.69) is 24.1 Å². The van der Waals surface area contributed by atoms with Crippen molar-refractivity contribution in [1.82, 2.24) is 15.1 Å². The fourth-order valence-electron chi connectivity index (χ4n) is 4.16. The molecule has 0 spiro atoms. The lowest BCUT2D eigenvalue weighted by molar-refractivity contribution is -0.129. The van der Waals surface area contributed by atoms with Crippen LogP contribution in [-0.2, 0) is 9.53 Å². The number of benzene rings is 2. The van der Waals surface area contributed by atoms with Gasteiger partial charge in [0, 0.05) is 38.8 Å². The molecule has 0 aliphatic carbocycles. The highest BCUT2D eigenvalue weighted by Gasteiger charge is 2.25. The minimum atomic E-state index is -0.392. The summed E-state index contributed by atoms with van der Waals surface area (Å²) in [4.78, 5) is 29.0. The summed E-state index contributed by atoms with van der Waals surface area (Å²) >= 11 is 0. The lowest BCUT2D eigenvalue weighted by Crippen LogP contribution is -2.41. The van der Waals surface area contributed by atoms with Gasteiger partial charge in [0.2, 0.25) is 5.91 Å². The van der Waals surface area contributed by atoms with Crippen molar-refractivity contribution in [2.45, 2.75) is 26.2 Å². The van der Waals surface area contributed by atoms with Gasteiger partial charge >= 0.3 is 0 Å². The maximum atomic E-state index is 12.9. The minimum Gasteiger partial charge on any atom is -0.379 e. The Bertz CT molecular complexity index is 1020. The summed E-state index contributed by atoms with van der Waals surface area (Å²) in [5.74, 6) is -0.401. The first kappa shape index (κ1) is 25.4. The van der Waals surface area contributed by atoms with E-state index in [0.717, 1.165) is 54.4 Å². The Morgan fingerprint density at radius 3 is 2.47 bits per heavy atom. The zero-order chi connectivity index (χ0) is 24.5. The predicted molar refractivity (Wildman–Crippen MR) is 132 cm³/mol. The van der Waals surface area contributed by atoms with Gasteiger partial charge in [-0.1, -0.05) is 50.2 Å². The molecule has 34 heavy (non-hydrogen) atoms. The molecule has 1 heterocycles. The van der Waals surface area contributed by atoms with Crippen molar-refractivity contribution in [3.8, 4) is 17.3 Å². The molecule has 1 saturated heterocycles. The molecule has 0 radical (unpaired) electrons. The zero-order valence-corrected chi connectivity index (χ0v) is 20.3. The van der Waals surface area contributed by atoms with Gasteiger partial charge in [0.15, 0.2) is 6.19 Å². The van der Waals surface area contributed by atoms with Crippen molar-refractivity contribution >= 4 is 11.8 Å². The van der Waals surface area contributed by atoms with Gasteiger partial charge in [0.05, 0.1) is 19.1 Å². The summed E-state index contributed by atoms with van der Waals surface area (Å²) < 4.78 is 5.36.